The summed E-state index contributed by atoms with van der Waals surface area (Å²) in [5, 5.41) is 12.5. The van der Waals surface area contributed by atoms with E-state index in [-0.39, 0.29) is 18.1 Å². The molecule has 1 fully saturated rings. The Morgan fingerprint density at radius 2 is 1.95 bits per heavy atom. The quantitative estimate of drug-likeness (QED) is 0.877. The van der Waals surface area contributed by atoms with E-state index in [1.165, 1.54) is 11.1 Å². The van der Waals surface area contributed by atoms with Gasteiger partial charge in [0.1, 0.15) is 0 Å². The van der Waals surface area contributed by atoms with Crippen LogP contribution in [0.1, 0.15) is 42.4 Å². The zero-order valence-corrected chi connectivity index (χ0v) is 11.8. The van der Waals surface area contributed by atoms with Crippen LogP contribution in [0.2, 0.25) is 0 Å². The van der Waals surface area contributed by atoms with Gasteiger partial charge in [0.15, 0.2) is 0 Å². The van der Waals surface area contributed by atoms with Crippen molar-refractivity contribution < 1.29 is 9.90 Å². The minimum atomic E-state index is -0.174. The lowest BCUT2D eigenvalue weighted by atomic mass is 9.93. The van der Waals surface area contributed by atoms with Crippen LogP contribution in [0, 0.1) is 13.8 Å². The maximum atomic E-state index is 12.1. The van der Waals surface area contributed by atoms with Crippen molar-refractivity contribution in [2.75, 3.05) is 0 Å². The molecule has 0 spiro atoms. The van der Waals surface area contributed by atoms with Gasteiger partial charge in [-0.15, -0.1) is 0 Å². The van der Waals surface area contributed by atoms with Crippen molar-refractivity contribution in [2.24, 2.45) is 0 Å². The van der Waals surface area contributed by atoms with Crippen LogP contribution in [0.3, 0.4) is 0 Å². The third-order valence-corrected chi connectivity index (χ3v) is 3.92. The van der Waals surface area contributed by atoms with Crippen LogP contribution in [0.15, 0.2) is 18.2 Å². The summed E-state index contributed by atoms with van der Waals surface area (Å²) in [6.45, 7) is 4.09. The predicted molar refractivity (Wildman–Crippen MR) is 76.0 cm³/mol. The van der Waals surface area contributed by atoms with E-state index in [0.717, 1.165) is 31.2 Å². The zero-order valence-electron chi connectivity index (χ0n) is 11.8. The van der Waals surface area contributed by atoms with Crippen LogP contribution in [-0.4, -0.2) is 23.2 Å². The van der Waals surface area contributed by atoms with Gasteiger partial charge in [-0.1, -0.05) is 23.8 Å². The molecule has 1 aromatic carbocycles. The average Bonchev–Trinajstić information content (AvgIpc) is 2.37. The molecule has 0 aliphatic heterocycles. The van der Waals surface area contributed by atoms with Crippen LogP contribution in [0.25, 0.3) is 0 Å². The molecule has 1 aliphatic rings. The number of hydrogen-bond acceptors (Lipinski definition) is 2. The van der Waals surface area contributed by atoms with E-state index < -0.39 is 0 Å². The number of hydrogen-bond donors (Lipinski definition) is 2. The van der Waals surface area contributed by atoms with Crippen molar-refractivity contribution in [2.45, 2.75) is 58.1 Å². The molecular formula is C16H23NO2. The van der Waals surface area contributed by atoms with Crippen LogP contribution < -0.4 is 5.32 Å². The first-order valence-electron chi connectivity index (χ1n) is 7.08. The lowest BCUT2D eigenvalue weighted by Crippen LogP contribution is -2.39. The third kappa shape index (κ3) is 4.06. The fourth-order valence-electron chi connectivity index (χ4n) is 2.66. The molecule has 0 atom stereocenters. The number of rotatable bonds is 3. The molecule has 104 valence electrons. The minimum Gasteiger partial charge on any atom is -0.393 e. The second-order valence-electron chi connectivity index (χ2n) is 5.68. The van der Waals surface area contributed by atoms with Crippen molar-refractivity contribution in [1.29, 1.82) is 0 Å². The number of aliphatic hydroxyl groups is 1. The highest BCUT2D eigenvalue weighted by Gasteiger charge is 2.20. The van der Waals surface area contributed by atoms with Crippen molar-refractivity contribution in [3.8, 4) is 0 Å². The minimum absolute atomic E-state index is 0.0927. The molecule has 1 aromatic rings. The van der Waals surface area contributed by atoms with Crippen molar-refractivity contribution >= 4 is 5.91 Å². The maximum absolute atomic E-state index is 12.1. The first-order chi connectivity index (χ1) is 9.04. The Morgan fingerprint density at radius 1 is 1.26 bits per heavy atom. The Balaban J connectivity index is 1.89. The molecule has 3 nitrogen and oxygen atoms in total. The summed E-state index contributed by atoms with van der Waals surface area (Å²) in [4.78, 5) is 12.1. The SMILES string of the molecule is Cc1ccc(C)c(CC(=O)NC2CCC(O)CC2)c1. The molecule has 1 aliphatic carbocycles. The summed E-state index contributed by atoms with van der Waals surface area (Å²) >= 11 is 0. The Hall–Kier alpha value is -1.35. The Morgan fingerprint density at radius 3 is 2.63 bits per heavy atom. The van der Waals surface area contributed by atoms with Gasteiger partial charge in [-0.05, 0) is 50.7 Å². The van der Waals surface area contributed by atoms with Crippen LogP contribution >= 0.6 is 0 Å². The molecule has 0 unspecified atom stereocenters. The molecule has 1 amide bonds. The van der Waals surface area contributed by atoms with Gasteiger partial charge in [0, 0.05) is 6.04 Å². The Kier molecular flexibility index (Phi) is 4.59. The summed E-state index contributed by atoms with van der Waals surface area (Å²) in [5.74, 6) is 0.0927. The summed E-state index contributed by atoms with van der Waals surface area (Å²) in [6.07, 6.45) is 3.65. The van der Waals surface area contributed by atoms with E-state index in [0.29, 0.717) is 6.42 Å². The Labute approximate surface area is 115 Å². The van der Waals surface area contributed by atoms with Gasteiger partial charge < -0.3 is 10.4 Å². The second-order valence-corrected chi connectivity index (χ2v) is 5.68. The molecule has 0 heterocycles. The first kappa shape index (κ1) is 14.1. The molecule has 1 saturated carbocycles. The lowest BCUT2D eigenvalue weighted by Gasteiger charge is -2.26. The topological polar surface area (TPSA) is 49.3 Å². The van der Waals surface area contributed by atoms with Gasteiger partial charge in [0.05, 0.1) is 12.5 Å². The van der Waals surface area contributed by atoms with Gasteiger partial charge in [-0.3, -0.25) is 4.79 Å². The molecule has 19 heavy (non-hydrogen) atoms. The number of benzene rings is 1. The molecule has 0 radical (unpaired) electrons. The van der Waals surface area contributed by atoms with Crippen LogP contribution in [0.5, 0.6) is 0 Å². The van der Waals surface area contributed by atoms with E-state index in [1.807, 2.05) is 13.8 Å². The maximum Gasteiger partial charge on any atom is 0.224 e. The molecule has 2 N–H and O–H groups in total. The highest BCUT2D eigenvalue weighted by atomic mass is 16.3. The fourth-order valence-corrected chi connectivity index (χ4v) is 2.66. The highest BCUT2D eigenvalue weighted by molar-refractivity contribution is 5.79. The van der Waals surface area contributed by atoms with Crippen LogP contribution in [-0.2, 0) is 11.2 Å². The van der Waals surface area contributed by atoms with E-state index in [9.17, 15) is 9.90 Å². The average molecular weight is 261 g/mol. The molecular weight excluding hydrogens is 238 g/mol. The van der Waals surface area contributed by atoms with E-state index in [4.69, 9.17) is 0 Å². The summed E-state index contributed by atoms with van der Waals surface area (Å²) in [5.41, 5.74) is 3.46. The fraction of sp³-hybridized carbons (Fsp3) is 0.562. The van der Waals surface area contributed by atoms with Gasteiger partial charge in [0.2, 0.25) is 5.91 Å². The third-order valence-electron chi connectivity index (χ3n) is 3.92. The summed E-state index contributed by atoms with van der Waals surface area (Å²) < 4.78 is 0. The largest absolute Gasteiger partial charge is 0.393 e. The number of carbonyl (C=O) groups excluding carboxylic acids is 1. The number of aliphatic hydroxyl groups excluding tert-OH is 1. The normalized spacial score (nSPS) is 23.1. The zero-order chi connectivity index (χ0) is 13.8. The number of amides is 1. The van der Waals surface area contributed by atoms with E-state index in [1.54, 1.807) is 0 Å². The Bertz CT molecular complexity index is 448. The molecule has 0 saturated heterocycles. The second kappa shape index (κ2) is 6.20. The number of carbonyl (C=O) groups is 1. The van der Waals surface area contributed by atoms with Crippen molar-refractivity contribution in [1.82, 2.24) is 5.32 Å². The molecule has 2 rings (SSSR count). The summed E-state index contributed by atoms with van der Waals surface area (Å²) in [7, 11) is 0. The van der Waals surface area contributed by atoms with Crippen molar-refractivity contribution in [3.05, 3.63) is 34.9 Å². The van der Waals surface area contributed by atoms with Crippen molar-refractivity contribution in [3.63, 3.8) is 0 Å². The number of nitrogens with one attached hydrogen (secondary N) is 1. The first-order valence-corrected chi connectivity index (χ1v) is 7.08. The van der Waals surface area contributed by atoms with Gasteiger partial charge in [0.25, 0.3) is 0 Å². The number of aryl methyl sites for hydroxylation is 2. The van der Waals surface area contributed by atoms with Gasteiger partial charge >= 0.3 is 0 Å². The van der Waals surface area contributed by atoms with E-state index in [2.05, 4.69) is 23.5 Å². The van der Waals surface area contributed by atoms with E-state index >= 15 is 0 Å². The molecule has 0 bridgehead atoms. The monoisotopic (exact) mass is 261 g/mol. The van der Waals surface area contributed by atoms with Gasteiger partial charge in [-0.2, -0.15) is 0 Å². The lowest BCUT2D eigenvalue weighted by molar-refractivity contribution is -0.121. The highest BCUT2D eigenvalue weighted by Crippen LogP contribution is 2.18. The standard InChI is InChI=1S/C16H23NO2/c1-11-3-4-12(2)13(9-11)10-16(19)17-14-5-7-15(18)8-6-14/h3-4,9,14-15,18H,5-8,10H2,1-2H3,(H,17,19). The molecule has 0 aromatic heterocycles. The molecule has 3 heteroatoms. The summed E-state index contributed by atoms with van der Waals surface area (Å²) in [6, 6.07) is 6.45. The predicted octanol–water partition coefficient (Wildman–Crippen LogP) is 2.27. The van der Waals surface area contributed by atoms with Gasteiger partial charge in [-0.25, -0.2) is 0 Å². The smallest absolute Gasteiger partial charge is 0.224 e. The van der Waals surface area contributed by atoms with Crippen LogP contribution in [0.4, 0.5) is 0 Å².